The molecule has 0 heterocycles. The molecule has 0 aliphatic carbocycles. The number of aliphatic hydroxyl groups is 2. The minimum atomic E-state index is -1.58. The number of rotatable bonds is 4. The lowest BCUT2D eigenvalue weighted by molar-refractivity contribution is -0.159. The van der Waals surface area contributed by atoms with E-state index in [-0.39, 0.29) is 6.61 Å². The first-order valence-electron chi connectivity index (χ1n) is 4.94. The molecule has 5 heteroatoms. The molecule has 1 rings (SSSR count). The van der Waals surface area contributed by atoms with Crippen LogP contribution in [0.25, 0.3) is 0 Å². The maximum atomic E-state index is 11.2. The molecule has 5 nitrogen and oxygen atoms in total. The van der Waals surface area contributed by atoms with Crippen LogP contribution in [0.1, 0.15) is 18.6 Å². The Bertz CT molecular complexity index is 350. The van der Waals surface area contributed by atoms with Gasteiger partial charge >= 0.3 is 5.97 Å². The van der Waals surface area contributed by atoms with E-state index in [1.807, 2.05) is 0 Å². The van der Waals surface area contributed by atoms with Gasteiger partial charge in [0.25, 0.3) is 0 Å². The first-order chi connectivity index (χ1) is 7.56. The molecule has 0 aliphatic rings. The lowest BCUT2D eigenvalue weighted by atomic mass is 10.0. The topological polar surface area (TPSA) is 92.8 Å². The number of carbonyl (C=O) groups excluding carboxylic acids is 1. The highest BCUT2D eigenvalue weighted by Gasteiger charge is 2.26. The van der Waals surface area contributed by atoms with Crippen molar-refractivity contribution < 1.29 is 19.7 Å². The normalized spacial score (nSPS) is 14.2. The molecular formula is C11H15NO4. The van der Waals surface area contributed by atoms with Crippen LogP contribution in [-0.2, 0) is 9.53 Å². The van der Waals surface area contributed by atoms with Gasteiger partial charge in [-0.05, 0) is 24.6 Å². The monoisotopic (exact) mass is 225 g/mol. The smallest absolute Gasteiger partial charge is 0.338 e. The van der Waals surface area contributed by atoms with Crippen LogP contribution in [0.15, 0.2) is 24.3 Å². The van der Waals surface area contributed by atoms with E-state index >= 15 is 0 Å². The van der Waals surface area contributed by atoms with Gasteiger partial charge in [-0.1, -0.05) is 12.1 Å². The number of carbonyl (C=O) groups is 1. The summed E-state index contributed by atoms with van der Waals surface area (Å²) in [7, 11) is 0. The molecule has 0 bridgehead atoms. The number of hydrogen-bond acceptors (Lipinski definition) is 5. The van der Waals surface area contributed by atoms with E-state index in [0.29, 0.717) is 11.3 Å². The van der Waals surface area contributed by atoms with Crippen LogP contribution < -0.4 is 5.73 Å². The first-order valence-corrected chi connectivity index (χ1v) is 4.94. The van der Waals surface area contributed by atoms with Crippen molar-refractivity contribution in [2.45, 2.75) is 19.1 Å². The molecule has 88 valence electrons. The summed E-state index contributed by atoms with van der Waals surface area (Å²) >= 11 is 0. The lowest BCUT2D eigenvalue weighted by Crippen LogP contribution is -2.29. The fourth-order valence-corrected chi connectivity index (χ4v) is 1.23. The molecule has 2 atom stereocenters. The molecule has 0 aliphatic heterocycles. The van der Waals surface area contributed by atoms with Crippen LogP contribution in [0.4, 0.5) is 5.69 Å². The van der Waals surface area contributed by atoms with Crippen LogP contribution in [0, 0.1) is 0 Å². The first kappa shape index (κ1) is 12.5. The average molecular weight is 225 g/mol. The van der Waals surface area contributed by atoms with Crippen molar-refractivity contribution in [1.82, 2.24) is 0 Å². The molecule has 0 radical (unpaired) electrons. The molecule has 1 aromatic carbocycles. The number of anilines is 1. The third-order valence-corrected chi connectivity index (χ3v) is 2.11. The zero-order valence-corrected chi connectivity index (χ0v) is 8.96. The van der Waals surface area contributed by atoms with Gasteiger partial charge in [-0.3, -0.25) is 0 Å². The maximum Gasteiger partial charge on any atom is 0.338 e. The van der Waals surface area contributed by atoms with Crippen LogP contribution in [0.3, 0.4) is 0 Å². The summed E-state index contributed by atoms with van der Waals surface area (Å²) < 4.78 is 4.60. The highest BCUT2D eigenvalue weighted by atomic mass is 16.5. The molecular weight excluding hydrogens is 210 g/mol. The van der Waals surface area contributed by atoms with Gasteiger partial charge in [0.05, 0.1) is 6.61 Å². The SMILES string of the molecule is CCOC(=O)C(O)C(O)c1ccc(N)cc1. The quantitative estimate of drug-likeness (QED) is 0.503. The van der Waals surface area contributed by atoms with Crippen molar-refractivity contribution >= 4 is 11.7 Å². The summed E-state index contributed by atoms with van der Waals surface area (Å²) in [5.74, 6) is -0.841. The van der Waals surface area contributed by atoms with Gasteiger partial charge in [-0.15, -0.1) is 0 Å². The number of esters is 1. The van der Waals surface area contributed by atoms with E-state index in [0.717, 1.165) is 0 Å². The van der Waals surface area contributed by atoms with Gasteiger partial charge in [0.15, 0.2) is 6.10 Å². The van der Waals surface area contributed by atoms with Crippen molar-refractivity contribution in [2.75, 3.05) is 12.3 Å². The Morgan fingerprint density at radius 1 is 1.38 bits per heavy atom. The van der Waals surface area contributed by atoms with Crippen LogP contribution in [0.5, 0.6) is 0 Å². The second-order valence-corrected chi connectivity index (χ2v) is 3.31. The molecule has 1 aromatic rings. The predicted molar refractivity (Wildman–Crippen MR) is 58.5 cm³/mol. The highest BCUT2D eigenvalue weighted by molar-refractivity contribution is 5.75. The van der Waals surface area contributed by atoms with E-state index in [1.54, 1.807) is 31.2 Å². The Morgan fingerprint density at radius 3 is 2.44 bits per heavy atom. The van der Waals surface area contributed by atoms with E-state index in [9.17, 15) is 15.0 Å². The predicted octanol–water partition coefficient (Wildman–Crippen LogP) is 0.226. The number of benzene rings is 1. The zero-order valence-electron chi connectivity index (χ0n) is 8.96. The highest BCUT2D eigenvalue weighted by Crippen LogP contribution is 2.18. The number of nitrogens with two attached hydrogens (primary N) is 1. The maximum absolute atomic E-state index is 11.2. The number of aliphatic hydroxyl groups excluding tert-OH is 2. The van der Waals surface area contributed by atoms with Gasteiger partial charge in [0, 0.05) is 5.69 Å². The number of hydrogen-bond donors (Lipinski definition) is 3. The number of nitrogen functional groups attached to an aromatic ring is 1. The Hall–Kier alpha value is -1.59. The standard InChI is InChI=1S/C11H15NO4/c1-2-16-11(15)10(14)9(13)7-3-5-8(12)6-4-7/h3-6,9-10,13-14H,2,12H2,1H3. The van der Waals surface area contributed by atoms with Gasteiger partial charge in [-0.2, -0.15) is 0 Å². The third kappa shape index (κ3) is 2.95. The summed E-state index contributed by atoms with van der Waals surface area (Å²) in [6.07, 6.45) is -2.89. The van der Waals surface area contributed by atoms with Crippen molar-refractivity contribution in [3.05, 3.63) is 29.8 Å². The van der Waals surface area contributed by atoms with E-state index in [2.05, 4.69) is 4.74 Å². The Kier molecular flexibility index (Phi) is 4.28. The molecule has 0 amide bonds. The number of ether oxygens (including phenoxy) is 1. The summed E-state index contributed by atoms with van der Waals surface area (Å²) in [5.41, 5.74) is 6.43. The summed E-state index contributed by atoms with van der Waals surface area (Å²) in [4.78, 5) is 11.2. The Morgan fingerprint density at radius 2 is 1.94 bits per heavy atom. The van der Waals surface area contributed by atoms with Gasteiger partial charge in [0.1, 0.15) is 6.10 Å². The molecule has 2 unspecified atom stereocenters. The van der Waals surface area contributed by atoms with Gasteiger partial charge in [-0.25, -0.2) is 4.79 Å². The summed E-state index contributed by atoms with van der Waals surface area (Å²) in [6.45, 7) is 1.78. The van der Waals surface area contributed by atoms with Crippen LogP contribution >= 0.6 is 0 Å². The van der Waals surface area contributed by atoms with E-state index in [4.69, 9.17) is 5.73 Å². The van der Waals surface area contributed by atoms with Crippen molar-refractivity contribution in [3.8, 4) is 0 Å². The Labute approximate surface area is 93.5 Å². The summed E-state index contributed by atoms with van der Waals surface area (Å²) in [5, 5.41) is 19.2. The van der Waals surface area contributed by atoms with Crippen LogP contribution in [-0.4, -0.2) is 28.9 Å². The van der Waals surface area contributed by atoms with Crippen molar-refractivity contribution in [1.29, 1.82) is 0 Å². The molecule has 4 N–H and O–H groups in total. The minimum Gasteiger partial charge on any atom is -0.464 e. The zero-order chi connectivity index (χ0) is 12.1. The van der Waals surface area contributed by atoms with Gasteiger partial charge in [0.2, 0.25) is 0 Å². The van der Waals surface area contributed by atoms with Gasteiger partial charge < -0.3 is 20.7 Å². The van der Waals surface area contributed by atoms with Crippen molar-refractivity contribution in [3.63, 3.8) is 0 Å². The molecule has 0 saturated heterocycles. The van der Waals surface area contributed by atoms with E-state index in [1.165, 1.54) is 0 Å². The fourth-order valence-electron chi connectivity index (χ4n) is 1.23. The molecule has 0 spiro atoms. The second-order valence-electron chi connectivity index (χ2n) is 3.31. The largest absolute Gasteiger partial charge is 0.464 e. The molecule has 0 saturated carbocycles. The van der Waals surface area contributed by atoms with Crippen LogP contribution in [0.2, 0.25) is 0 Å². The third-order valence-electron chi connectivity index (χ3n) is 2.11. The second kappa shape index (κ2) is 5.48. The lowest BCUT2D eigenvalue weighted by Gasteiger charge is -2.16. The fraction of sp³-hybridized carbons (Fsp3) is 0.364. The minimum absolute atomic E-state index is 0.157. The summed E-state index contributed by atoms with van der Waals surface area (Å²) in [6, 6.07) is 6.25. The molecule has 16 heavy (non-hydrogen) atoms. The Balaban J connectivity index is 2.73. The van der Waals surface area contributed by atoms with Crippen molar-refractivity contribution in [2.24, 2.45) is 0 Å². The van der Waals surface area contributed by atoms with E-state index < -0.39 is 18.2 Å². The molecule has 0 fully saturated rings. The molecule has 0 aromatic heterocycles. The average Bonchev–Trinajstić information content (AvgIpc) is 2.28.